The predicted octanol–water partition coefficient (Wildman–Crippen LogP) is 2.33. The molecule has 1 unspecified atom stereocenters. The van der Waals surface area contributed by atoms with Crippen molar-refractivity contribution in [3.05, 3.63) is 47.8 Å². The van der Waals surface area contributed by atoms with E-state index < -0.39 is 11.9 Å². The van der Waals surface area contributed by atoms with Gasteiger partial charge in [0.1, 0.15) is 5.82 Å². The molecule has 1 N–H and O–H groups in total. The summed E-state index contributed by atoms with van der Waals surface area (Å²) < 4.78 is 20.2. The lowest BCUT2D eigenvalue weighted by Gasteiger charge is -2.13. The molecule has 102 valence electrons. The number of hydrogen-bond acceptors (Lipinski definition) is 3. The normalized spacial score (nSPS) is 12.4. The number of halogens is 1. The van der Waals surface area contributed by atoms with Crippen LogP contribution in [-0.4, -0.2) is 21.8 Å². The van der Waals surface area contributed by atoms with Crippen LogP contribution in [0.25, 0.3) is 0 Å². The first kappa shape index (κ1) is 13.5. The van der Waals surface area contributed by atoms with E-state index >= 15 is 0 Å². The van der Waals surface area contributed by atoms with Crippen molar-refractivity contribution in [2.45, 2.75) is 26.0 Å². The summed E-state index contributed by atoms with van der Waals surface area (Å²) in [6, 6.07) is 4.37. The Balaban J connectivity index is 2.18. The first-order chi connectivity index (χ1) is 9.15. The van der Waals surface area contributed by atoms with E-state index in [-0.39, 0.29) is 5.75 Å². The standard InChI is InChI=1S/C14H17FN2O2/c1-3-17-7-6-16-14(17)9-12(18)10-4-5-11(15)13(8-10)19-2/h4-8,12,18H,3,9H2,1-2H3. The van der Waals surface area contributed by atoms with Crippen LogP contribution in [0.5, 0.6) is 5.75 Å². The fraction of sp³-hybridized carbons (Fsp3) is 0.357. The molecule has 1 aromatic heterocycles. The van der Waals surface area contributed by atoms with Crippen LogP contribution >= 0.6 is 0 Å². The van der Waals surface area contributed by atoms with Crippen LogP contribution in [0.3, 0.4) is 0 Å². The third kappa shape index (κ3) is 2.93. The van der Waals surface area contributed by atoms with Crippen molar-refractivity contribution in [1.29, 1.82) is 0 Å². The fourth-order valence-electron chi connectivity index (χ4n) is 1.99. The molecule has 0 bridgehead atoms. The topological polar surface area (TPSA) is 47.3 Å². The van der Waals surface area contributed by atoms with E-state index in [1.165, 1.54) is 19.2 Å². The third-order valence-electron chi connectivity index (χ3n) is 3.08. The highest BCUT2D eigenvalue weighted by molar-refractivity contribution is 5.31. The number of aliphatic hydroxyl groups excluding tert-OH is 1. The van der Waals surface area contributed by atoms with Crippen molar-refractivity contribution in [3.63, 3.8) is 0 Å². The van der Waals surface area contributed by atoms with E-state index in [1.54, 1.807) is 12.3 Å². The highest BCUT2D eigenvalue weighted by Crippen LogP contribution is 2.24. The second-order valence-corrected chi connectivity index (χ2v) is 4.24. The van der Waals surface area contributed by atoms with Crippen molar-refractivity contribution >= 4 is 0 Å². The molecule has 5 heteroatoms. The number of imidazole rings is 1. The maximum absolute atomic E-state index is 13.3. The van der Waals surface area contributed by atoms with Crippen LogP contribution in [0.15, 0.2) is 30.6 Å². The molecule has 2 rings (SSSR count). The summed E-state index contributed by atoms with van der Waals surface area (Å²) in [5.41, 5.74) is 0.615. The average Bonchev–Trinajstić information content (AvgIpc) is 2.86. The average molecular weight is 264 g/mol. The Morgan fingerprint density at radius 1 is 1.47 bits per heavy atom. The summed E-state index contributed by atoms with van der Waals surface area (Å²) >= 11 is 0. The maximum Gasteiger partial charge on any atom is 0.165 e. The number of aryl methyl sites for hydroxylation is 1. The molecule has 0 amide bonds. The zero-order chi connectivity index (χ0) is 13.8. The second kappa shape index (κ2) is 5.84. The first-order valence-electron chi connectivity index (χ1n) is 6.17. The van der Waals surface area contributed by atoms with Crippen LogP contribution in [0, 0.1) is 5.82 Å². The Bertz CT molecular complexity index is 554. The van der Waals surface area contributed by atoms with Gasteiger partial charge in [-0.25, -0.2) is 9.37 Å². The van der Waals surface area contributed by atoms with Gasteiger partial charge in [-0.15, -0.1) is 0 Å². The van der Waals surface area contributed by atoms with Gasteiger partial charge in [0.15, 0.2) is 11.6 Å². The van der Waals surface area contributed by atoms with Gasteiger partial charge in [0.2, 0.25) is 0 Å². The minimum Gasteiger partial charge on any atom is -0.494 e. The highest BCUT2D eigenvalue weighted by Gasteiger charge is 2.14. The zero-order valence-electron chi connectivity index (χ0n) is 11.0. The zero-order valence-corrected chi connectivity index (χ0v) is 11.0. The highest BCUT2D eigenvalue weighted by atomic mass is 19.1. The maximum atomic E-state index is 13.3. The van der Waals surface area contributed by atoms with Crippen molar-refractivity contribution in [2.24, 2.45) is 0 Å². The van der Waals surface area contributed by atoms with E-state index in [4.69, 9.17) is 4.74 Å². The van der Waals surface area contributed by atoms with Crippen LogP contribution in [0.1, 0.15) is 24.4 Å². The van der Waals surface area contributed by atoms with Gasteiger partial charge < -0.3 is 14.4 Å². The molecule has 0 aliphatic carbocycles. The lowest BCUT2D eigenvalue weighted by atomic mass is 10.1. The largest absolute Gasteiger partial charge is 0.494 e. The molecule has 1 heterocycles. The van der Waals surface area contributed by atoms with E-state index in [1.807, 2.05) is 17.7 Å². The van der Waals surface area contributed by atoms with Crippen molar-refractivity contribution in [3.8, 4) is 5.75 Å². The van der Waals surface area contributed by atoms with Gasteiger partial charge in [-0.05, 0) is 24.6 Å². The number of rotatable bonds is 5. The van der Waals surface area contributed by atoms with Gasteiger partial charge in [-0.3, -0.25) is 0 Å². The van der Waals surface area contributed by atoms with E-state index in [2.05, 4.69) is 4.98 Å². The van der Waals surface area contributed by atoms with Crippen LogP contribution in [-0.2, 0) is 13.0 Å². The molecule has 0 radical (unpaired) electrons. The number of benzene rings is 1. The quantitative estimate of drug-likeness (QED) is 0.901. The molecule has 2 aromatic rings. The van der Waals surface area contributed by atoms with Gasteiger partial charge in [0.25, 0.3) is 0 Å². The molecule has 0 aliphatic rings. The monoisotopic (exact) mass is 264 g/mol. The minimum atomic E-state index is -0.734. The molecule has 0 saturated carbocycles. The third-order valence-corrected chi connectivity index (χ3v) is 3.08. The van der Waals surface area contributed by atoms with Crippen molar-refractivity contribution in [1.82, 2.24) is 9.55 Å². The summed E-state index contributed by atoms with van der Waals surface area (Å²) in [4.78, 5) is 4.21. The van der Waals surface area contributed by atoms with Crippen LogP contribution < -0.4 is 4.74 Å². The molecule has 19 heavy (non-hydrogen) atoms. The summed E-state index contributed by atoms with van der Waals surface area (Å²) in [5, 5.41) is 10.2. The van der Waals surface area contributed by atoms with Crippen molar-refractivity contribution in [2.75, 3.05) is 7.11 Å². The summed E-state index contributed by atoms with van der Waals surface area (Å²) in [6.07, 6.45) is 3.22. The summed E-state index contributed by atoms with van der Waals surface area (Å²) in [6.45, 7) is 2.81. The Hall–Kier alpha value is -1.88. The number of methoxy groups -OCH3 is 1. The number of hydrogen-bond donors (Lipinski definition) is 1. The van der Waals surface area contributed by atoms with Gasteiger partial charge in [-0.2, -0.15) is 0 Å². The van der Waals surface area contributed by atoms with Gasteiger partial charge in [0, 0.05) is 25.4 Å². The molecule has 4 nitrogen and oxygen atoms in total. The first-order valence-corrected chi connectivity index (χ1v) is 6.17. The summed E-state index contributed by atoms with van der Waals surface area (Å²) in [5.74, 6) is 0.502. The minimum absolute atomic E-state index is 0.135. The van der Waals surface area contributed by atoms with E-state index in [0.29, 0.717) is 12.0 Å². The Labute approximate surface area is 111 Å². The van der Waals surface area contributed by atoms with E-state index in [9.17, 15) is 9.50 Å². The molecule has 1 aromatic carbocycles. The van der Waals surface area contributed by atoms with Crippen molar-refractivity contribution < 1.29 is 14.2 Å². The molecule has 0 spiro atoms. The lowest BCUT2D eigenvalue weighted by molar-refractivity contribution is 0.174. The Morgan fingerprint density at radius 2 is 2.26 bits per heavy atom. The molecule has 0 fully saturated rings. The second-order valence-electron chi connectivity index (χ2n) is 4.24. The van der Waals surface area contributed by atoms with Gasteiger partial charge in [-0.1, -0.05) is 6.07 Å². The fourth-order valence-corrected chi connectivity index (χ4v) is 1.99. The van der Waals surface area contributed by atoms with Crippen LogP contribution in [0.2, 0.25) is 0 Å². The molecular formula is C14H17FN2O2. The number of ether oxygens (including phenoxy) is 1. The molecule has 0 saturated heterocycles. The van der Waals surface area contributed by atoms with Crippen LogP contribution in [0.4, 0.5) is 4.39 Å². The SMILES string of the molecule is CCn1ccnc1CC(O)c1ccc(F)c(OC)c1. The molecule has 0 aliphatic heterocycles. The number of nitrogens with zero attached hydrogens (tertiary/aromatic N) is 2. The smallest absolute Gasteiger partial charge is 0.165 e. The molecule has 1 atom stereocenters. The predicted molar refractivity (Wildman–Crippen MR) is 69.5 cm³/mol. The number of aromatic nitrogens is 2. The Kier molecular flexibility index (Phi) is 4.16. The van der Waals surface area contributed by atoms with E-state index in [0.717, 1.165) is 12.4 Å². The lowest BCUT2D eigenvalue weighted by Crippen LogP contribution is -2.08. The number of aliphatic hydroxyl groups is 1. The van der Waals surface area contributed by atoms with Gasteiger partial charge >= 0.3 is 0 Å². The van der Waals surface area contributed by atoms with Gasteiger partial charge in [0.05, 0.1) is 13.2 Å². The Morgan fingerprint density at radius 3 is 2.95 bits per heavy atom. The summed E-state index contributed by atoms with van der Waals surface area (Å²) in [7, 11) is 1.40. The molecular weight excluding hydrogens is 247 g/mol.